The van der Waals surface area contributed by atoms with Crippen molar-refractivity contribution in [3.8, 4) is 0 Å². The molecule has 12 nitrogen and oxygen atoms in total. The van der Waals surface area contributed by atoms with Gasteiger partial charge >= 0.3 is 23.9 Å². The van der Waals surface area contributed by atoms with E-state index in [2.05, 4.69) is 0 Å². The van der Waals surface area contributed by atoms with E-state index in [0.29, 0.717) is 36.8 Å². The van der Waals surface area contributed by atoms with Crippen molar-refractivity contribution < 1.29 is 61.9 Å². The largest absolute Gasteiger partial charge is 0.480 e. The Morgan fingerprint density at radius 3 is 1.45 bits per heavy atom. The van der Waals surface area contributed by atoms with Crippen molar-refractivity contribution in [2.24, 2.45) is 35.1 Å². The van der Waals surface area contributed by atoms with Gasteiger partial charge in [0, 0.05) is 23.7 Å². The summed E-state index contributed by atoms with van der Waals surface area (Å²) in [5.41, 5.74) is 4.44. The van der Waals surface area contributed by atoms with Crippen LogP contribution in [0.4, 0.5) is 13.2 Å². The Morgan fingerprint density at radius 2 is 1.04 bits per heavy atom. The van der Waals surface area contributed by atoms with Gasteiger partial charge in [0.05, 0.1) is 45.5 Å². The van der Waals surface area contributed by atoms with Crippen LogP contribution in [0.15, 0.2) is 60.7 Å². The minimum atomic E-state index is -2.60. The lowest BCUT2D eigenvalue weighted by atomic mass is 9.88. The molecule has 300 valence electrons. The fourth-order valence-corrected chi connectivity index (χ4v) is 8.74. The zero-order valence-corrected chi connectivity index (χ0v) is 31.8. The molecule has 3 aromatic carbocycles. The van der Waals surface area contributed by atoms with Gasteiger partial charge in [-0.05, 0) is 65.9 Å². The number of nitrogens with two attached hydrogens (primary N) is 2. The summed E-state index contributed by atoms with van der Waals surface area (Å²) in [6, 6.07) is 14.8. The molecule has 4 saturated carbocycles. The third kappa shape index (κ3) is 7.10. The number of carbonyl (C=O) groups is 4. The Balaban J connectivity index is 0.000000198. The highest BCUT2D eigenvalue weighted by molar-refractivity contribution is 6.42. The number of esters is 1. The molecule has 0 heterocycles. The van der Waals surface area contributed by atoms with E-state index in [9.17, 15) is 38.2 Å². The van der Waals surface area contributed by atoms with Crippen LogP contribution in [0.2, 0.25) is 20.1 Å². The van der Waals surface area contributed by atoms with Crippen LogP contribution < -0.4 is 11.5 Å². The molecule has 0 radical (unpaired) electrons. The van der Waals surface area contributed by atoms with E-state index in [1.807, 2.05) is 0 Å². The first kappa shape index (κ1) is 41.9. The molecule has 7 rings (SSSR count). The van der Waals surface area contributed by atoms with Crippen LogP contribution in [0, 0.1) is 29.5 Å². The van der Waals surface area contributed by atoms with Gasteiger partial charge in [-0.15, -0.1) is 0 Å². The molecule has 0 aliphatic heterocycles. The van der Waals surface area contributed by atoms with Gasteiger partial charge < -0.3 is 41.0 Å². The number of hydrogen-bond donors (Lipinski definition) is 5. The van der Waals surface area contributed by atoms with Crippen LogP contribution in [-0.2, 0) is 53.2 Å². The molecule has 3 aromatic rings. The van der Waals surface area contributed by atoms with Crippen molar-refractivity contribution in [1.82, 2.24) is 0 Å². The highest BCUT2D eigenvalue weighted by Gasteiger charge is 2.86. The van der Waals surface area contributed by atoms with Gasteiger partial charge in [0.15, 0.2) is 0 Å². The van der Waals surface area contributed by atoms with Crippen molar-refractivity contribution in [3.63, 3.8) is 0 Å². The average Bonchev–Trinajstić information content (AvgIpc) is 3.84. The summed E-state index contributed by atoms with van der Waals surface area (Å²) < 4.78 is 59.2. The summed E-state index contributed by atoms with van der Waals surface area (Å²) in [7, 11) is 0. The van der Waals surface area contributed by atoms with Crippen molar-refractivity contribution in [3.05, 3.63) is 103 Å². The van der Waals surface area contributed by atoms with Gasteiger partial charge in [0.25, 0.3) is 0 Å². The van der Waals surface area contributed by atoms with Crippen LogP contribution in [0.1, 0.15) is 29.5 Å². The van der Waals surface area contributed by atoms with Crippen LogP contribution >= 0.6 is 46.4 Å². The summed E-state index contributed by atoms with van der Waals surface area (Å²) in [6.45, 7) is -0.284. The van der Waals surface area contributed by atoms with Crippen LogP contribution in [-0.4, -0.2) is 73.8 Å². The molecular weight excluding hydrogens is 831 g/mol. The SMILES string of the molecule is N[C@]1(C(=O)O)[C@H]2[C@@H](C[C@H]1OCc1ccc(Cl)c(Cl)c1)[C@]2(F)C(=O)O.N[C@]1(C(=O)O)[C@H]2[C@@H](C[C@H]1OCc1ccc(Cl)c(Cl)c1)[C@]2(F)C(=O)OCc1ccc(F)cc1. The van der Waals surface area contributed by atoms with Crippen LogP contribution in [0.5, 0.6) is 0 Å². The quantitative estimate of drug-likeness (QED) is 0.133. The number of fused-ring (bicyclic) bond motifs is 2. The maximum absolute atomic E-state index is 15.5. The molecule has 0 unspecified atom stereocenters. The topological polar surface area (TPSA) is 209 Å². The molecule has 0 amide bonds. The molecule has 0 bridgehead atoms. The zero-order valence-electron chi connectivity index (χ0n) is 28.8. The maximum Gasteiger partial charge on any atom is 0.344 e. The van der Waals surface area contributed by atoms with Gasteiger partial charge in [-0.1, -0.05) is 70.7 Å². The zero-order chi connectivity index (χ0) is 41.1. The number of carbonyl (C=O) groups excluding carboxylic acids is 1. The fourth-order valence-electron chi connectivity index (χ4n) is 8.09. The van der Waals surface area contributed by atoms with Gasteiger partial charge in [0.1, 0.15) is 23.5 Å². The molecule has 19 heteroatoms. The predicted octanol–water partition coefficient (Wildman–Crippen LogP) is 6.00. The van der Waals surface area contributed by atoms with Gasteiger partial charge in [0.2, 0.25) is 11.3 Å². The highest BCUT2D eigenvalue weighted by Crippen LogP contribution is 2.68. The molecule has 4 aliphatic carbocycles. The van der Waals surface area contributed by atoms with Crippen LogP contribution in [0.3, 0.4) is 0 Å². The number of rotatable bonds is 12. The summed E-state index contributed by atoms with van der Waals surface area (Å²) in [6.07, 6.45) is -2.14. The van der Waals surface area contributed by atoms with E-state index >= 15 is 4.39 Å². The van der Waals surface area contributed by atoms with Crippen LogP contribution in [0.25, 0.3) is 0 Å². The maximum atomic E-state index is 15.5. The third-order valence-corrected chi connectivity index (χ3v) is 12.6. The monoisotopic (exact) mass is 862 g/mol. The lowest BCUT2D eigenvalue weighted by Crippen LogP contribution is -2.60. The molecule has 0 saturated heterocycles. The van der Waals surface area contributed by atoms with E-state index in [-0.39, 0.29) is 32.7 Å². The molecule has 10 atom stereocenters. The van der Waals surface area contributed by atoms with Gasteiger partial charge in [-0.25, -0.2) is 22.8 Å². The normalized spacial score (nSPS) is 33.4. The first-order valence-corrected chi connectivity index (χ1v) is 18.4. The number of alkyl halides is 2. The lowest BCUT2D eigenvalue weighted by molar-refractivity contribution is -0.161. The minimum absolute atomic E-state index is 0.000414. The number of carboxylic acids is 3. The smallest absolute Gasteiger partial charge is 0.344 e. The molecule has 4 fully saturated rings. The second-order valence-electron chi connectivity index (χ2n) is 14.3. The Morgan fingerprint density at radius 1 is 0.625 bits per heavy atom. The Bertz CT molecular complexity index is 2090. The fraction of sp³-hybridized carbons (Fsp3) is 0.405. The van der Waals surface area contributed by atoms with Crippen molar-refractivity contribution in [2.75, 3.05) is 0 Å². The van der Waals surface area contributed by atoms with E-state index in [1.54, 1.807) is 36.4 Å². The van der Waals surface area contributed by atoms with E-state index in [0.717, 1.165) is 0 Å². The summed E-state index contributed by atoms with van der Waals surface area (Å²) in [5, 5.41) is 29.5. The van der Waals surface area contributed by atoms with Crippen molar-refractivity contribution in [1.29, 1.82) is 0 Å². The first-order valence-electron chi connectivity index (χ1n) is 16.9. The Hall–Kier alpha value is -3.67. The summed E-state index contributed by atoms with van der Waals surface area (Å²) >= 11 is 23.6. The molecule has 4 aliphatic rings. The Labute approximate surface area is 336 Å². The van der Waals surface area contributed by atoms with Crippen molar-refractivity contribution in [2.45, 2.75) is 67.3 Å². The van der Waals surface area contributed by atoms with E-state index in [4.69, 9.17) is 77.2 Å². The van der Waals surface area contributed by atoms with Gasteiger partial charge in [-0.2, -0.15) is 0 Å². The average molecular weight is 864 g/mol. The number of hydrogen-bond acceptors (Lipinski definition) is 9. The standard InChI is InChI=1S/C22H19Cl2F2NO5.C15H14Cl2FNO5/c23-15-6-3-12(7-16(15)24)10-31-17-8-14-18(22(17,27)19(28)29)21(14,26)20(30)32-9-11-1-4-13(25)5-2-11;16-8-2-1-6(3-9(8)17)5-24-10-4-7-11(14(7,18)12(20)21)15(10,19)13(22)23/h1-7,14,17-18H,8-10,27H2,(H,28,29);1-3,7,10-11H,4-5,19H2,(H,20,21)(H,22,23)/t14-,17-,18+,21-,22+;7-,10-,11+,14-,15+/m11/s1. The van der Waals surface area contributed by atoms with E-state index in [1.165, 1.54) is 24.3 Å². The number of ether oxygens (including phenoxy) is 3. The highest BCUT2D eigenvalue weighted by atomic mass is 35.5. The molecular formula is C37H33Cl4F3N2O10. The molecule has 0 spiro atoms. The summed E-state index contributed by atoms with van der Waals surface area (Å²) in [5.74, 6) is -10.8. The summed E-state index contributed by atoms with van der Waals surface area (Å²) in [4.78, 5) is 47.1. The second-order valence-corrected chi connectivity index (χ2v) is 15.9. The number of benzene rings is 3. The van der Waals surface area contributed by atoms with Crippen molar-refractivity contribution >= 4 is 70.3 Å². The third-order valence-electron chi connectivity index (χ3n) is 11.1. The predicted molar refractivity (Wildman–Crippen MR) is 194 cm³/mol. The molecule has 7 N–H and O–H groups in total. The molecule has 56 heavy (non-hydrogen) atoms. The Kier molecular flexibility index (Phi) is 11.4. The number of halogens is 7. The van der Waals surface area contributed by atoms with Gasteiger partial charge in [-0.3, -0.25) is 9.59 Å². The van der Waals surface area contributed by atoms with E-state index < -0.39 is 88.0 Å². The lowest BCUT2D eigenvalue weighted by Gasteiger charge is -2.32. The molecule has 0 aromatic heterocycles. The number of aliphatic carboxylic acids is 3. The number of carboxylic acid groups (broad SMARTS) is 3. The second kappa shape index (κ2) is 15.3. The first-order chi connectivity index (χ1) is 26.2. The minimum Gasteiger partial charge on any atom is -0.480 e.